The fraction of sp³-hybridized carbons (Fsp3) is 0.273. The second-order valence-electron chi connectivity index (χ2n) is 7.31. The molecule has 1 fully saturated rings. The number of carbonyl (C=O) groups is 2. The van der Waals surface area contributed by atoms with Crippen molar-refractivity contribution < 1.29 is 23.8 Å². The molecule has 0 unspecified atom stereocenters. The molecular formula is C22H20N4O5S. The molecule has 1 N–H and O–H groups in total. The number of carbonyl (C=O) groups excluding carboxylic acids is 2. The van der Waals surface area contributed by atoms with Crippen LogP contribution in [0.2, 0.25) is 0 Å². The van der Waals surface area contributed by atoms with Gasteiger partial charge >= 0.3 is 0 Å². The maximum Gasteiger partial charge on any atom is 0.286 e. The smallest absolute Gasteiger partial charge is 0.286 e. The predicted molar refractivity (Wildman–Crippen MR) is 116 cm³/mol. The summed E-state index contributed by atoms with van der Waals surface area (Å²) in [6.45, 7) is 0.746. The van der Waals surface area contributed by atoms with Gasteiger partial charge in [0.25, 0.3) is 11.8 Å². The van der Waals surface area contributed by atoms with Crippen LogP contribution in [0.25, 0.3) is 0 Å². The van der Waals surface area contributed by atoms with Crippen LogP contribution in [0.5, 0.6) is 17.2 Å². The van der Waals surface area contributed by atoms with Gasteiger partial charge in [-0.05, 0) is 37.1 Å². The number of rotatable bonds is 6. The Balaban J connectivity index is 1.23. The Kier molecular flexibility index (Phi) is 5.59. The van der Waals surface area contributed by atoms with E-state index >= 15 is 0 Å². The molecule has 0 aliphatic carbocycles. The third-order valence-corrected chi connectivity index (χ3v) is 6.25. The van der Waals surface area contributed by atoms with Crippen LogP contribution in [0.1, 0.15) is 33.7 Å². The summed E-state index contributed by atoms with van der Waals surface area (Å²) in [7, 11) is 0. The van der Waals surface area contributed by atoms with Crippen molar-refractivity contribution in [3.63, 3.8) is 0 Å². The van der Waals surface area contributed by atoms with Gasteiger partial charge in [0.15, 0.2) is 18.1 Å². The summed E-state index contributed by atoms with van der Waals surface area (Å²) < 4.78 is 16.2. The molecule has 0 radical (unpaired) electrons. The molecule has 9 nitrogen and oxygen atoms in total. The van der Waals surface area contributed by atoms with Crippen molar-refractivity contribution in [1.82, 2.24) is 15.1 Å². The maximum atomic E-state index is 12.7. The van der Waals surface area contributed by atoms with Gasteiger partial charge in [0, 0.05) is 18.3 Å². The summed E-state index contributed by atoms with van der Waals surface area (Å²) in [5, 5.41) is 11.9. The number of aromatic nitrogens is 2. The number of para-hydroxylation sites is 1. The van der Waals surface area contributed by atoms with Crippen LogP contribution in [0.4, 0.5) is 5.69 Å². The van der Waals surface area contributed by atoms with E-state index in [-0.39, 0.29) is 36.3 Å². The lowest BCUT2D eigenvalue weighted by Crippen LogP contribution is -2.34. The first-order valence-electron chi connectivity index (χ1n) is 10.2. The molecule has 2 aromatic carbocycles. The number of amides is 2. The Morgan fingerprint density at radius 2 is 1.97 bits per heavy atom. The first kappa shape index (κ1) is 20.3. The van der Waals surface area contributed by atoms with Crippen molar-refractivity contribution in [1.29, 1.82) is 0 Å². The summed E-state index contributed by atoms with van der Waals surface area (Å²) in [4.78, 5) is 27.1. The molecule has 10 heteroatoms. The third kappa shape index (κ3) is 4.22. The number of hydrogen-bond acceptors (Lipinski definition) is 8. The summed E-state index contributed by atoms with van der Waals surface area (Å²) in [6.07, 6.45) is 1.63. The predicted octanol–water partition coefficient (Wildman–Crippen LogP) is 3.26. The number of nitrogens with zero attached hydrogens (tertiary/aromatic N) is 3. The number of benzene rings is 2. The molecule has 32 heavy (non-hydrogen) atoms. The Labute approximate surface area is 187 Å². The van der Waals surface area contributed by atoms with Crippen LogP contribution in [-0.4, -0.2) is 46.9 Å². The largest absolute Gasteiger partial charge is 0.484 e. The van der Waals surface area contributed by atoms with Gasteiger partial charge < -0.3 is 24.4 Å². The molecule has 2 aliphatic rings. The van der Waals surface area contributed by atoms with E-state index in [1.807, 2.05) is 30.3 Å². The molecule has 3 aromatic rings. The number of anilines is 1. The van der Waals surface area contributed by atoms with E-state index < -0.39 is 0 Å². The van der Waals surface area contributed by atoms with Crippen molar-refractivity contribution in [2.24, 2.45) is 0 Å². The normalized spacial score (nSPS) is 16.8. The van der Waals surface area contributed by atoms with E-state index in [4.69, 9.17) is 14.2 Å². The molecule has 1 atom stereocenters. The van der Waals surface area contributed by atoms with Gasteiger partial charge in [-0.15, -0.1) is 10.2 Å². The highest BCUT2D eigenvalue weighted by Gasteiger charge is 2.33. The quantitative estimate of drug-likeness (QED) is 0.612. The van der Waals surface area contributed by atoms with Gasteiger partial charge in [-0.3, -0.25) is 9.59 Å². The zero-order valence-electron chi connectivity index (χ0n) is 17.0. The Bertz CT molecular complexity index is 1140. The average molecular weight is 452 g/mol. The molecule has 0 bridgehead atoms. The standard InChI is InChI=1S/C22H20N4O5S/c27-19(12-29-15-5-2-1-3-6-15)26-10-4-7-16(26)21-24-25-22(32-21)20(28)23-14-8-9-17-18(11-14)31-13-30-17/h1-3,5-6,8-9,11,16H,4,7,10,12-13H2,(H,23,28)/t16-/m1/s1. The first-order chi connectivity index (χ1) is 15.7. The van der Waals surface area contributed by atoms with Gasteiger partial charge in [0.1, 0.15) is 10.8 Å². The summed E-state index contributed by atoms with van der Waals surface area (Å²) in [5.41, 5.74) is 0.576. The molecule has 1 aromatic heterocycles. The van der Waals surface area contributed by atoms with E-state index in [2.05, 4.69) is 15.5 Å². The van der Waals surface area contributed by atoms with Gasteiger partial charge in [-0.2, -0.15) is 0 Å². The van der Waals surface area contributed by atoms with Gasteiger partial charge in [-0.25, -0.2) is 0 Å². The summed E-state index contributed by atoms with van der Waals surface area (Å²) >= 11 is 1.19. The highest BCUT2D eigenvalue weighted by Crippen LogP contribution is 2.35. The first-order valence-corrected chi connectivity index (χ1v) is 11.0. The summed E-state index contributed by atoms with van der Waals surface area (Å²) in [6, 6.07) is 14.2. The van der Waals surface area contributed by atoms with Crippen molar-refractivity contribution in [2.75, 3.05) is 25.3 Å². The molecule has 3 heterocycles. The maximum absolute atomic E-state index is 12.7. The zero-order valence-corrected chi connectivity index (χ0v) is 17.8. The van der Waals surface area contributed by atoms with E-state index in [1.54, 1.807) is 23.1 Å². The topological polar surface area (TPSA) is 103 Å². The number of ether oxygens (including phenoxy) is 3. The number of nitrogens with one attached hydrogen (secondary N) is 1. The minimum absolute atomic E-state index is 0.0449. The SMILES string of the molecule is O=C(Nc1ccc2c(c1)OCO2)c1nnc([C@H]2CCCN2C(=O)COc2ccccc2)s1. The Hall–Kier alpha value is -3.66. The Morgan fingerprint density at radius 1 is 1.12 bits per heavy atom. The lowest BCUT2D eigenvalue weighted by atomic mass is 10.2. The van der Waals surface area contributed by atoms with Crippen LogP contribution in [0.3, 0.4) is 0 Å². The molecule has 0 spiro atoms. The molecule has 0 saturated carbocycles. The van der Waals surface area contributed by atoms with Gasteiger partial charge in [-0.1, -0.05) is 29.5 Å². The highest BCUT2D eigenvalue weighted by molar-refractivity contribution is 7.13. The van der Waals surface area contributed by atoms with Crippen LogP contribution in [0, 0.1) is 0 Å². The van der Waals surface area contributed by atoms with Gasteiger partial charge in [0.2, 0.25) is 11.8 Å². The van der Waals surface area contributed by atoms with Crippen molar-refractivity contribution in [3.8, 4) is 17.2 Å². The van der Waals surface area contributed by atoms with Crippen molar-refractivity contribution >= 4 is 28.8 Å². The second-order valence-corrected chi connectivity index (χ2v) is 8.32. The van der Waals surface area contributed by atoms with E-state index in [0.717, 1.165) is 12.8 Å². The number of likely N-dealkylation sites (tertiary alicyclic amines) is 1. The minimum atomic E-state index is -0.365. The molecule has 1 saturated heterocycles. The zero-order chi connectivity index (χ0) is 21.9. The molecule has 2 aliphatic heterocycles. The Morgan fingerprint density at radius 3 is 2.84 bits per heavy atom. The molecule has 164 valence electrons. The molecule has 5 rings (SSSR count). The highest BCUT2D eigenvalue weighted by atomic mass is 32.1. The lowest BCUT2D eigenvalue weighted by molar-refractivity contribution is -0.134. The fourth-order valence-electron chi connectivity index (χ4n) is 3.69. The van der Waals surface area contributed by atoms with Crippen LogP contribution < -0.4 is 19.5 Å². The van der Waals surface area contributed by atoms with Crippen molar-refractivity contribution in [3.05, 3.63) is 58.5 Å². The average Bonchev–Trinajstić information content (AvgIpc) is 3.57. The van der Waals surface area contributed by atoms with Crippen molar-refractivity contribution in [2.45, 2.75) is 18.9 Å². The number of hydrogen-bond donors (Lipinski definition) is 1. The molecule has 2 amide bonds. The number of fused-ring (bicyclic) bond motifs is 1. The minimum Gasteiger partial charge on any atom is -0.484 e. The lowest BCUT2D eigenvalue weighted by Gasteiger charge is -2.22. The molecular weight excluding hydrogens is 432 g/mol. The van der Waals surface area contributed by atoms with E-state index in [1.165, 1.54) is 11.3 Å². The van der Waals surface area contributed by atoms with Gasteiger partial charge in [0.05, 0.1) is 6.04 Å². The van der Waals surface area contributed by atoms with Crippen LogP contribution in [-0.2, 0) is 4.79 Å². The second kappa shape index (κ2) is 8.83. The monoisotopic (exact) mass is 452 g/mol. The van der Waals surface area contributed by atoms with Crippen LogP contribution >= 0.6 is 11.3 Å². The summed E-state index contributed by atoms with van der Waals surface area (Å²) in [5.74, 6) is 1.39. The third-order valence-electron chi connectivity index (χ3n) is 5.23. The fourth-order valence-corrected chi connectivity index (χ4v) is 4.57. The van der Waals surface area contributed by atoms with E-state index in [0.29, 0.717) is 34.5 Å². The van der Waals surface area contributed by atoms with Crippen LogP contribution in [0.15, 0.2) is 48.5 Å². The van der Waals surface area contributed by atoms with E-state index in [9.17, 15) is 9.59 Å².